The SMILES string of the molecule is CCCOc1ccc(/C=N\n2c(C)nnc2SC)cc1Cl. The lowest BCUT2D eigenvalue weighted by molar-refractivity contribution is 0.317. The Morgan fingerprint density at radius 3 is 2.90 bits per heavy atom. The molecule has 2 rings (SSSR count). The first-order valence-corrected chi connectivity index (χ1v) is 8.18. The van der Waals surface area contributed by atoms with Gasteiger partial charge in [-0.15, -0.1) is 10.2 Å². The molecule has 1 aromatic carbocycles. The van der Waals surface area contributed by atoms with E-state index in [1.54, 1.807) is 10.9 Å². The number of aryl methyl sites for hydroxylation is 1. The van der Waals surface area contributed by atoms with Crippen LogP contribution in [-0.4, -0.2) is 34.0 Å². The van der Waals surface area contributed by atoms with E-state index >= 15 is 0 Å². The molecule has 0 aliphatic rings. The Morgan fingerprint density at radius 1 is 1.43 bits per heavy atom. The normalized spacial score (nSPS) is 11.2. The molecule has 21 heavy (non-hydrogen) atoms. The molecule has 0 unspecified atom stereocenters. The van der Waals surface area contributed by atoms with E-state index in [0.717, 1.165) is 23.0 Å². The number of rotatable bonds is 6. The van der Waals surface area contributed by atoms with Gasteiger partial charge in [0.15, 0.2) is 5.82 Å². The molecule has 112 valence electrons. The standard InChI is InChI=1S/C14H17ClN4OS/c1-4-7-20-13-6-5-11(8-12(13)15)9-16-19-10(2)17-18-14(19)21-3/h5-6,8-9H,4,7H2,1-3H3/b16-9-. The highest BCUT2D eigenvalue weighted by Gasteiger charge is 2.06. The van der Waals surface area contributed by atoms with Gasteiger partial charge in [-0.2, -0.15) is 9.78 Å². The summed E-state index contributed by atoms with van der Waals surface area (Å²) >= 11 is 7.69. The number of ether oxygens (including phenoxy) is 1. The molecule has 5 nitrogen and oxygen atoms in total. The van der Waals surface area contributed by atoms with Gasteiger partial charge in [-0.1, -0.05) is 30.3 Å². The van der Waals surface area contributed by atoms with E-state index in [9.17, 15) is 0 Å². The van der Waals surface area contributed by atoms with Crippen LogP contribution in [0, 0.1) is 6.92 Å². The van der Waals surface area contributed by atoms with Crippen molar-refractivity contribution in [2.45, 2.75) is 25.4 Å². The fourth-order valence-electron chi connectivity index (χ4n) is 1.65. The van der Waals surface area contributed by atoms with Crippen molar-refractivity contribution in [1.82, 2.24) is 14.9 Å². The third kappa shape index (κ3) is 3.98. The zero-order valence-electron chi connectivity index (χ0n) is 12.2. The summed E-state index contributed by atoms with van der Waals surface area (Å²) in [5, 5.41) is 13.7. The molecule has 2 aromatic rings. The summed E-state index contributed by atoms with van der Waals surface area (Å²) in [6, 6.07) is 5.60. The minimum atomic E-state index is 0.581. The van der Waals surface area contributed by atoms with Crippen LogP contribution in [0.1, 0.15) is 24.7 Å². The molecule has 0 saturated heterocycles. The zero-order valence-corrected chi connectivity index (χ0v) is 13.8. The number of thioether (sulfide) groups is 1. The molecule has 0 aliphatic carbocycles. The van der Waals surface area contributed by atoms with E-state index in [0.29, 0.717) is 17.4 Å². The first-order valence-electron chi connectivity index (χ1n) is 6.58. The highest BCUT2D eigenvalue weighted by Crippen LogP contribution is 2.25. The van der Waals surface area contributed by atoms with Crippen LogP contribution in [0.2, 0.25) is 5.02 Å². The predicted molar refractivity (Wildman–Crippen MR) is 86.8 cm³/mol. The monoisotopic (exact) mass is 324 g/mol. The Bertz CT molecular complexity index is 642. The maximum Gasteiger partial charge on any atom is 0.211 e. The minimum absolute atomic E-state index is 0.581. The number of hydrogen-bond donors (Lipinski definition) is 0. The van der Waals surface area contributed by atoms with Crippen LogP contribution in [0.5, 0.6) is 5.75 Å². The fraction of sp³-hybridized carbons (Fsp3) is 0.357. The van der Waals surface area contributed by atoms with Crippen LogP contribution in [0.15, 0.2) is 28.5 Å². The van der Waals surface area contributed by atoms with Gasteiger partial charge in [-0.05, 0) is 43.4 Å². The van der Waals surface area contributed by atoms with E-state index in [-0.39, 0.29) is 0 Å². The Balaban J connectivity index is 2.17. The summed E-state index contributed by atoms with van der Waals surface area (Å²) in [6.07, 6.45) is 4.61. The van der Waals surface area contributed by atoms with Gasteiger partial charge in [0, 0.05) is 0 Å². The van der Waals surface area contributed by atoms with Crippen LogP contribution < -0.4 is 4.74 Å². The number of nitrogens with zero attached hydrogens (tertiary/aromatic N) is 4. The maximum absolute atomic E-state index is 6.19. The smallest absolute Gasteiger partial charge is 0.211 e. The van der Waals surface area contributed by atoms with Gasteiger partial charge >= 0.3 is 0 Å². The van der Waals surface area contributed by atoms with Crippen molar-refractivity contribution in [3.63, 3.8) is 0 Å². The molecular formula is C14H17ClN4OS. The maximum atomic E-state index is 6.19. The Labute approximate surface area is 133 Å². The Kier molecular flexibility index (Phi) is 5.64. The third-order valence-corrected chi connectivity index (χ3v) is 3.61. The third-order valence-electron chi connectivity index (χ3n) is 2.69. The largest absolute Gasteiger partial charge is 0.492 e. The Morgan fingerprint density at radius 2 is 2.24 bits per heavy atom. The molecule has 1 heterocycles. The second-order valence-corrected chi connectivity index (χ2v) is 5.51. The molecule has 7 heteroatoms. The molecular weight excluding hydrogens is 308 g/mol. The van der Waals surface area contributed by atoms with Crippen LogP contribution in [0.25, 0.3) is 0 Å². The van der Waals surface area contributed by atoms with Crippen molar-refractivity contribution in [2.24, 2.45) is 5.10 Å². The molecule has 1 aromatic heterocycles. The van der Waals surface area contributed by atoms with E-state index in [1.807, 2.05) is 31.4 Å². The molecule has 0 bridgehead atoms. The first kappa shape index (κ1) is 15.9. The lowest BCUT2D eigenvalue weighted by Crippen LogP contribution is -1.97. The van der Waals surface area contributed by atoms with Gasteiger partial charge in [-0.3, -0.25) is 0 Å². The highest BCUT2D eigenvalue weighted by molar-refractivity contribution is 7.98. The number of hydrogen-bond acceptors (Lipinski definition) is 5. The molecule has 0 N–H and O–H groups in total. The minimum Gasteiger partial charge on any atom is -0.492 e. The summed E-state index contributed by atoms with van der Waals surface area (Å²) in [4.78, 5) is 0. The van der Waals surface area contributed by atoms with E-state index in [2.05, 4.69) is 22.2 Å². The molecule has 0 amide bonds. The van der Waals surface area contributed by atoms with Crippen molar-refractivity contribution in [2.75, 3.05) is 12.9 Å². The van der Waals surface area contributed by atoms with Crippen molar-refractivity contribution < 1.29 is 4.74 Å². The van der Waals surface area contributed by atoms with Gasteiger partial charge in [-0.25, -0.2) is 0 Å². The van der Waals surface area contributed by atoms with Gasteiger partial charge < -0.3 is 4.74 Å². The lowest BCUT2D eigenvalue weighted by Gasteiger charge is -2.07. The quantitative estimate of drug-likeness (QED) is 0.601. The van der Waals surface area contributed by atoms with Crippen LogP contribution in [-0.2, 0) is 0 Å². The molecule has 0 saturated carbocycles. The van der Waals surface area contributed by atoms with Gasteiger partial charge in [0.1, 0.15) is 5.75 Å². The van der Waals surface area contributed by atoms with Crippen LogP contribution in [0.4, 0.5) is 0 Å². The Hall–Kier alpha value is -1.53. The number of halogens is 1. The summed E-state index contributed by atoms with van der Waals surface area (Å²) in [5.74, 6) is 1.44. The van der Waals surface area contributed by atoms with Crippen LogP contribution >= 0.6 is 23.4 Å². The van der Waals surface area contributed by atoms with Crippen molar-refractivity contribution in [3.8, 4) is 5.75 Å². The average molecular weight is 325 g/mol. The number of aromatic nitrogens is 3. The van der Waals surface area contributed by atoms with Gasteiger partial charge in [0.2, 0.25) is 5.16 Å². The molecule has 0 spiro atoms. The van der Waals surface area contributed by atoms with Gasteiger partial charge in [0.25, 0.3) is 0 Å². The summed E-state index contributed by atoms with van der Waals surface area (Å²) in [7, 11) is 0. The molecule has 0 atom stereocenters. The van der Waals surface area contributed by atoms with E-state index < -0.39 is 0 Å². The average Bonchev–Trinajstić information content (AvgIpc) is 2.84. The zero-order chi connectivity index (χ0) is 15.2. The topological polar surface area (TPSA) is 52.3 Å². The summed E-state index contributed by atoms with van der Waals surface area (Å²) in [5.41, 5.74) is 0.893. The predicted octanol–water partition coefficient (Wildman–Crippen LogP) is 3.63. The number of benzene rings is 1. The van der Waals surface area contributed by atoms with Crippen molar-refractivity contribution >= 4 is 29.6 Å². The van der Waals surface area contributed by atoms with E-state index in [1.165, 1.54) is 11.8 Å². The van der Waals surface area contributed by atoms with Crippen molar-refractivity contribution in [1.29, 1.82) is 0 Å². The molecule has 0 aliphatic heterocycles. The van der Waals surface area contributed by atoms with Crippen LogP contribution in [0.3, 0.4) is 0 Å². The molecule has 0 fully saturated rings. The molecule has 0 radical (unpaired) electrons. The fourth-order valence-corrected chi connectivity index (χ4v) is 2.37. The second-order valence-electron chi connectivity index (χ2n) is 4.33. The highest BCUT2D eigenvalue weighted by atomic mass is 35.5. The summed E-state index contributed by atoms with van der Waals surface area (Å²) in [6.45, 7) is 4.57. The second kappa shape index (κ2) is 7.47. The van der Waals surface area contributed by atoms with Gasteiger partial charge in [0.05, 0.1) is 17.8 Å². The van der Waals surface area contributed by atoms with E-state index in [4.69, 9.17) is 16.3 Å². The van der Waals surface area contributed by atoms with Crippen molar-refractivity contribution in [3.05, 3.63) is 34.6 Å². The summed E-state index contributed by atoms with van der Waals surface area (Å²) < 4.78 is 7.24. The first-order chi connectivity index (χ1) is 10.2. The lowest BCUT2D eigenvalue weighted by atomic mass is 10.2.